The van der Waals surface area contributed by atoms with Crippen molar-refractivity contribution in [2.45, 2.75) is 62.9 Å². The van der Waals surface area contributed by atoms with Crippen LogP contribution in [0.5, 0.6) is 0 Å². The smallest absolute Gasteiger partial charge is 0.0922 e. The van der Waals surface area contributed by atoms with E-state index in [0.717, 1.165) is 61.2 Å². The van der Waals surface area contributed by atoms with E-state index in [2.05, 4.69) is 14.9 Å². The van der Waals surface area contributed by atoms with Crippen LogP contribution < -0.4 is 11.5 Å². The molecule has 4 N–H and O–H groups in total. The van der Waals surface area contributed by atoms with Crippen LogP contribution in [0.1, 0.15) is 57.1 Å². The molecule has 160 valence electrons. The van der Waals surface area contributed by atoms with Crippen LogP contribution >= 0.6 is 0 Å². The van der Waals surface area contributed by atoms with Gasteiger partial charge < -0.3 is 11.5 Å². The van der Waals surface area contributed by atoms with Gasteiger partial charge in [0.15, 0.2) is 0 Å². The normalized spacial score (nSPS) is 20.2. The van der Waals surface area contributed by atoms with E-state index in [-0.39, 0.29) is 0 Å². The molecule has 30 heavy (non-hydrogen) atoms. The number of hydrogen-bond donors (Lipinski definition) is 2. The first-order valence-corrected chi connectivity index (χ1v) is 11.4. The highest BCUT2D eigenvalue weighted by Gasteiger charge is 2.47. The zero-order valence-electron chi connectivity index (χ0n) is 17.8. The molecule has 2 heterocycles. The topological polar surface area (TPSA) is 93.4 Å². The Kier molecular flexibility index (Phi) is 6.75. The quantitative estimate of drug-likeness (QED) is 0.491. The minimum Gasteiger partial charge on any atom is -0.404 e. The number of benzene rings is 1. The van der Waals surface area contributed by atoms with E-state index >= 15 is 0 Å². The molecular weight excluding hydrogens is 372 g/mol. The van der Waals surface area contributed by atoms with E-state index in [1.165, 1.54) is 32.1 Å². The van der Waals surface area contributed by atoms with Crippen LogP contribution in [-0.2, 0) is 0 Å². The Labute approximate surface area is 179 Å². The number of hydrogen-bond acceptors (Lipinski definition) is 6. The van der Waals surface area contributed by atoms with Gasteiger partial charge in [0, 0.05) is 36.6 Å². The summed E-state index contributed by atoms with van der Waals surface area (Å²) >= 11 is 0. The molecule has 1 aromatic heterocycles. The number of nitrogens with zero attached hydrogens (tertiary/aromatic N) is 4. The van der Waals surface area contributed by atoms with E-state index in [1.54, 1.807) is 12.4 Å². The molecule has 0 amide bonds. The number of nitrogens with two attached hydrogens (primary N) is 2. The molecular formula is C24H34N6. The summed E-state index contributed by atoms with van der Waals surface area (Å²) in [6.45, 7) is 3.12. The fourth-order valence-electron chi connectivity index (χ4n) is 4.61. The van der Waals surface area contributed by atoms with Crippen LogP contribution in [0.4, 0.5) is 0 Å². The number of allylic oxidation sites excluding steroid dienone is 1. The van der Waals surface area contributed by atoms with Gasteiger partial charge in [0.2, 0.25) is 0 Å². The molecule has 2 fully saturated rings. The minimum atomic E-state index is 0.359. The van der Waals surface area contributed by atoms with Crippen LogP contribution in [0, 0.1) is 0 Å². The summed E-state index contributed by atoms with van der Waals surface area (Å²) in [4.78, 5) is 16.8. The van der Waals surface area contributed by atoms with Crippen molar-refractivity contribution in [3.05, 3.63) is 42.4 Å². The monoisotopic (exact) mass is 406 g/mol. The maximum absolute atomic E-state index is 5.88. The lowest BCUT2D eigenvalue weighted by Crippen LogP contribution is -2.44. The molecule has 0 spiro atoms. The molecule has 1 saturated carbocycles. The van der Waals surface area contributed by atoms with Gasteiger partial charge in [0.25, 0.3) is 0 Å². The van der Waals surface area contributed by atoms with Gasteiger partial charge in [-0.1, -0.05) is 25.0 Å². The maximum atomic E-state index is 5.88. The van der Waals surface area contributed by atoms with Crippen molar-refractivity contribution in [2.75, 3.05) is 19.6 Å². The highest BCUT2D eigenvalue weighted by atomic mass is 15.2. The van der Waals surface area contributed by atoms with Gasteiger partial charge in [0.05, 0.1) is 29.0 Å². The number of piperidine rings is 1. The number of para-hydroxylation sites is 2. The first-order chi connectivity index (χ1) is 14.7. The summed E-state index contributed by atoms with van der Waals surface area (Å²) in [5.74, 6) is 0. The SMILES string of the molecule is NC=C(C=NC1CCN(C2(CCCCCN)CC2)CC1)c1cnc2ccccc2n1. The number of rotatable bonds is 9. The Hall–Kier alpha value is -2.31. The second-order valence-corrected chi connectivity index (χ2v) is 8.69. The predicted molar refractivity (Wildman–Crippen MR) is 124 cm³/mol. The Bertz CT molecular complexity index is 893. The van der Waals surface area contributed by atoms with Crippen molar-refractivity contribution in [1.29, 1.82) is 0 Å². The number of fused-ring (bicyclic) bond motifs is 1. The summed E-state index contributed by atoms with van der Waals surface area (Å²) in [6, 6.07) is 8.23. The van der Waals surface area contributed by atoms with E-state index in [0.29, 0.717) is 11.6 Å². The summed E-state index contributed by atoms with van der Waals surface area (Å²) in [5.41, 5.74) is 15.4. The zero-order valence-corrected chi connectivity index (χ0v) is 17.8. The fraction of sp³-hybridized carbons (Fsp3) is 0.542. The summed E-state index contributed by atoms with van der Waals surface area (Å²) < 4.78 is 0. The van der Waals surface area contributed by atoms with Crippen molar-refractivity contribution >= 4 is 22.8 Å². The van der Waals surface area contributed by atoms with Crippen molar-refractivity contribution in [1.82, 2.24) is 14.9 Å². The van der Waals surface area contributed by atoms with Gasteiger partial charge in [0.1, 0.15) is 0 Å². The van der Waals surface area contributed by atoms with Gasteiger partial charge in [-0.2, -0.15) is 0 Å². The Balaban J connectivity index is 1.31. The fourth-order valence-corrected chi connectivity index (χ4v) is 4.61. The molecule has 0 radical (unpaired) electrons. The van der Waals surface area contributed by atoms with E-state index in [9.17, 15) is 0 Å². The third kappa shape index (κ3) is 4.87. The third-order valence-corrected chi connectivity index (χ3v) is 6.66. The molecule has 0 atom stereocenters. The Morgan fingerprint density at radius 2 is 1.90 bits per heavy atom. The van der Waals surface area contributed by atoms with Crippen molar-refractivity contribution in [3.63, 3.8) is 0 Å². The molecule has 6 nitrogen and oxygen atoms in total. The molecule has 1 aliphatic carbocycles. The maximum Gasteiger partial charge on any atom is 0.0922 e. The lowest BCUT2D eigenvalue weighted by atomic mass is 9.99. The third-order valence-electron chi connectivity index (χ3n) is 6.66. The van der Waals surface area contributed by atoms with Crippen molar-refractivity contribution in [3.8, 4) is 0 Å². The number of aromatic nitrogens is 2. The minimum absolute atomic E-state index is 0.359. The second kappa shape index (κ2) is 9.67. The van der Waals surface area contributed by atoms with Gasteiger partial charge >= 0.3 is 0 Å². The highest BCUT2D eigenvalue weighted by molar-refractivity contribution is 6.09. The summed E-state index contributed by atoms with van der Waals surface area (Å²) in [6.07, 6.45) is 15.3. The van der Waals surface area contributed by atoms with Crippen LogP contribution in [0.25, 0.3) is 16.6 Å². The molecule has 0 unspecified atom stereocenters. The molecule has 1 saturated heterocycles. The van der Waals surface area contributed by atoms with E-state index in [1.807, 2.05) is 30.5 Å². The molecule has 6 heteroatoms. The molecule has 4 rings (SSSR count). The Morgan fingerprint density at radius 3 is 2.60 bits per heavy atom. The standard InChI is InChI=1S/C24H34N6/c25-13-5-1-4-10-24(11-12-24)30-14-8-20(9-15-30)27-17-19(16-26)23-18-28-21-6-2-3-7-22(21)29-23/h2-3,6-7,16-18,20H,1,4-5,8-15,25-26H2. The number of likely N-dealkylation sites (tertiary alicyclic amines) is 1. The average molecular weight is 407 g/mol. The Morgan fingerprint density at radius 1 is 1.13 bits per heavy atom. The van der Waals surface area contributed by atoms with Gasteiger partial charge in [-0.3, -0.25) is 14.9 Å². The summed E-state index contributed by atoms with van der Waals surface area (Å²) in [7, 11) is 0. The van der Waals surface area contributed by atoms with Crippen molar-refractivity contribution in [2.24, 2.45) is 16.5 Å². The predicted octanol–water partition coefficient (Wildman–Crippen LogP) is 3.52. The van der Waals surface area contributed by atoms with E-state index in [4.69, 9.17) is 16.5 Å². The van der Waals surface area contributed by atoms with Crippen LogP contribution in [0.2, 0.25) is 0 Å². The van der Waals surface area contributed by atoms with Crippen LogP contribution in [-0.4, -0.2) is 52.3 Å². The first kappa shape index (κ1) is 20.9. The molecule has 2 aromatic rings. The molecule has 1 aromatic carbocycles. The number of unbranched alkanes of at least 4 members (excludes halogenated alkanes) is 2. The first-order valence-electron chi connectivity index (χ1n) is 11.4. The van der Waals surface area contributed by atoms with E-state index < -0.39 is 0 Å². The largest absolute Gasteiger partial charge is 0.404 e. The van der Waals surface area contributed by atoms with Crippen LogP contribution in [0.3, 0.4) is 0 Å². The lowest BCUT2D eigenvalue weighted by Gasteiger charge is -2.37. The molecule has 0 bridgehead atoms. The second-order valence-electron chi connectivity index (χ2n) is 8.69. The number of aliphatic imine (C=N–C) groups is 1. The van der Waals surface area contributed by atoms with Gasteiger partial charge in [-0.25, -0.2) is 4.98 Å². The lowest BCUT2D eigenvalue weighted by molar-refractivity contribution is 0.127. The molecule has 2 aliphatic rings. The van der Waals surface area contributed by atoms with Crippen molar-refractivity contribution < 1.29 is 0 Å². The van der Waals surface area contributed by atoms with Gasteiger partial charge in [-0.15, -0.1) is 0 Å². The van der Waals surface area contributed by atoms with Crippen LogP contribution in [0.15, 0.2) is 41.7 Å². The summed E-state index contributed by atoms with van der Waals surface area (Å²) in [5, 5.41) is 0. The average Bonchev–Trinajstić information content (AvgIpc) is 3.58. The highest BCUT2D eigenvalue weighted by Crippen LogP contribution is 2.47. The zero-order chi connectivity index (χ0) is 20.8. The van der Waals surface area contributed by atoms with Gasteiger partial charge in [-0.05, 0) is 57.2 Å². The molecule has 1 aliphatic heterocycles.